The molecule has 0 aliphatic carbocycles. The third-order valence-corrected chi connectivity index (χ3v) is 5.71. The molecule has 72 valence electrons. The van der Waals surface area contributed by atoms with E-state index in [-0.39, 0.29) is 0 Å². The summed E-state index contributed by atoms with van der Waals surface area (Å²) in [7, 11) is 6.13. The molecule has 0 fully saturated rings. The molecule has 0 aliphatic heterocycles. The van der Waals surface area contributed by atoms with E-state index in [9.17, 15) is 0 Å². The molecule has 4 heteroatoms. The molecule has 0 aromatic carbocycles. The second kappa shape index (κ2) is 4.76. The lowest BCUT2D eigenvalue weighted by Gasteiger charge is -2.38. The van der Waals surface area contributed by atoms with Crippen LogP contribution in [0, 0.1) is 0 Å². The maximum Gasteiger partial charge on any atom is 0.383 e. The highest BCUT2D eigenvalue weighted by atomic mass is 28.4. The van der Waals surface area contributed by atoms with Gasteiger partial charge in [0.2, 0.25) is 0 Å². The molecule has 0 aromatic rings. The van der Waals surface area contributed by atoms with Crippen LogP contribution in [-0.4, -0.2) is 52.6 Å². The van der Waals surface area contributed by atoms with Crippen molar-refractivity contribution in [1.29, 1.82) is 0 Å². The molecular formula is C8H20N2OSi. The molecule has 0 bridgehead atoms. The minimum Gasteiger partial charge on any atom is -0.389 e. The first-order valence-corrected chi connectivity index (χ1v) is 6.01. The largest absolute Gasteiger partial charge is 0.389 e. The summed E-state index contributed by atoms with van der Waals surface area (Å²) in [4.78, 5) is 0. The molecule has 0 rings (SSSR count). The van der Waals surface area contributed by atoms with Gasteiger partial charge in [0.15, 0.2) is 0 Å². The van der Waals surface area contributed by atoms with Crippen molar-refractivity contribution in [2.45, 2.75) is 6.92 Å². The van der Waals surface area contributed by atoms with Crippen LogP contribution in [0.3, 0.4) is 0 Å². The fourth-order valence-corrected chi connectivity index (χ4v) is 3.88. The van der Waals surface area contributed by atoms with Crippen LogP contribution in [0.4, 0.5) is 0 Å². The van der Waals surface area contributed by atoms with Crippen molar-refractivity contribution in [2.75, 3.05) is 34.8 Å². The van der Waals surface area contributed by atoms with Crippen molar-refractivity contribution in [3.8, 4) is 0 Å². The molecule has 0 unspecified atom stereocenters. The summed E-state index contributed by atoms with van der Waals surface area (Å²) in [5, 5.41) is 0. The molecule has 0 N–H and O–H groups in total. The topological polar surface area (TPSA) is 15.7 Å². The highest BCUT2D eigenvalue weighted by molar-refractivity contribution is 6.73. The first-order chi connectivity index (χ1) is 5.51. The molecule has 3 nitrogen and oxygen atoms in total. The van der Waals surface area contributed by atoms with Gasteiger partial charge in [-0.25, -0.2) is 0 Å². The second-order valence-corrected chi connectivity index (χ2v) is 6.89. The number of rotatable bonds is 5. The summed E-state index contributed by atoms with van der Waals surface area (Å²) in [6.07, 6.45) is 0. The zero-order valence-electron chi connectivity index (χ0n) is 8.79. The summed E-state index contributed by atoms with van der Waals surface area (Å²) in [5.41, 5.74) is 1.94. The lowest BCUT2D eigenvalue weighted by atomic mass is 10.9. The summed E-state index contributed by atoms with van der Waals surface area (Å²) < 4.78 is 10.0. The van der Waals surface area contributed by atoms with Gasteiger partial charge in [0.25, 0.3) is 0 Å². The Kier molecular flexibility index (Phi) is 4.70. The highest BCUT2D eigenvalue weighted by Crippen LogP contribution is 2.11. The molecule has 0 spiro atoms. The van der Waals surface area contributed by atoms with Crippen molar-refractivity contribution in [2.24, 2.45) is 0 Å². The summed E-state index contributed by atoms with van der Waals surface area (Å²) in [5.74, 6) is 0. The first-order valence-electron chi connectivity index (χ1n) is 4.13. The van der Waals surface area contributed by atoms with Crippen molar-refractivity contribution in [3.05, 3.63) is 12.3 Å². The molecular weight excluding hydrogens is 168 g/mol. The normalized spacial score (nSPS) is 12.6. The van der Waals surface area contributed by atoms with Gasteiger partial charge in [-0.1, -0.05) is 0 Å². The average Bonchev–Trinajstić information content (AvgIpc) is 1.98. The van der Waals surface area contributed by atoms with Crippen LogP contribution in [0.2, 0.25) is 0 Å². The predicted molar refractivity (Wildman–Crippen MR) is 55.0 cm³/mol. The Labute approximate surface area is 76.9 Å². The Morgan fingerprint density at radius 1 is 1.25 bits per heavy atom. The lowest BCUT2D eigenvalue weighted by Crippen LogP contribution is -2.61. The van der Waals surface area contributed by atoms with Gasteiger partial charge < -0.3 is 4.43 Å². The molecule has 0 saturated carbocycles. The Morgan fingerprint density at radius 3 is 1.75 bits per heavy atom. The molecule has 0 heterocycles. The van der Waals surface area contributed by atoms with Gasteiger partial charge in [0.05, 0.1) is 0 Å². The molecule has 12 heavy (non-hydrogen) atoms. The minimum atomic E-state index is -1.99. The van der Waals surface area contributed by atoms with Gasteiger partial charge in [-0.2, -0.15) is 0 Å². The van der Waals surface area contributed by atoms with Crippen molar-refractivity contribution in [3.63, 3.8) is 0 Å². The quantitative estimate of drug-likeness (QED) is 0.594. The Bertz CT molecular complexity index is 140. The lowest BCUT2D eigenvalue weighted by molar-refractivity contribution is 0.237. The van der Waals surface area contributed by atoms with E-state index in [1.54, 1.807) is 0 Å². The molecule has 0 radical (unpaired) electrons. The fraction of sp³-hybridized carbons (Fsp3) is 0.750. The highest BCUT2D eigenvalue weighted by Gasteiger charge is 2.38. The van der Waals surface area contributed by atoms with E-state index in [0.29, 0.717) is 0 Å². The molecule has 0 atom stereocenters. The van der Waals surface area contributed by atoms with Crippen LogP contribution in [0.1, 0.15) is 6.92 Å². The van der Waals surface area contributed by atoms with Crippen molar-refractivity contribution >= 4 is 8.64 Å². The maximum absolute atomic E-state index is 5.77. The first kappa shape index (κ1) is 11.8. The van der Waals surface area contributed by atoms with Crippen molar-refractivity contribution in [1.82, 2.24) is 9.13 Å². The average molecular weight is 188 g/mol. The SMILES string of the molecule is C=C[Si](OCC)(N(C)C)N(C)C. The Balaban J connectivity index is 4.63. The van der Waals surface area contributed by atoms with Gasteiger partial charge in [0, 0.05) is 6.61 Å². The third-order valence-electron chi connectivity index (χ3n) is 1.90. The van der Waals surface area contributed by atoms with E-state index in [4.69, 9.17) is 4.43 Å². The minimum absolute atomic E-state index is 0.731. The Hall–Kier alpha value is -0.163. The van der Waals surface area contributed by atoms with Gasteiger partial charge in [0.1, 0.15) is 0 Å². The maximum atomic E-state index is 5.77. The zero-order chi connectivity index (χ0) is 9.78. The zero-order valence-corrected chi connectivity index (χ0v) is 9.79. The van der Waals surface area contributed by atoms with Gasteiger partial charge >= 0.3 is 8.64 Å². The van der Waals surface area contributed by atoms with Crippen LogP contribution in [0.5, 0.6) is 0 Å². The Morgan fingerprint density at radius 2 is 1.67 bits per heavy atom. The smallest absolute Gasteiger partial charge is 0.383 e. The molecule has 0 saturated heterocycles. The fourth-order valence-electron chi connectivity index (χ4n) is 1.29. The van der Waals surface area contributed by atoms with Gasteiger partial charge in [-0.15, -0.1) is 6.58 Å². The summed E-state index contributed by atoms with van der Waals surface area (Å²) in [6, 6.07) is 0. The van der Waals surface area contributed by atoms with Gasteiger partial charge in [-0.05, 0) is 40.8 Å². The summed E-state index contributed by atoms with van der Waals surface area (Å²) in [6.45, 7) is 6.59. The molecule has 0 aromatic heterocycles. The number of hydrogen-bond donors (Lipinski definition) is 0. The van der Waals surface area contributed by atoms with Crippen LogP contribution in [-0.2, 0) is 4.43 Å². The predicted octanol–water partition coefficient (Wildman–Crippen LogP) is 0.810. The third kappa shape index (κ3) is 2.16. The van der Waals surface area contributed by atoms with E-state index in [1.165, 1.54) is 0 Å². The monoisotopic (exact) mass is 188 g/mol. The van der Waals surface area contributed by atoms with E-state index >= 15 is 0 Å². The number of nitrogens with zero attached hydrogens (tertiary/aromatic N) is 2. The molecule has 0 amide bonds. The van der Waals surface area contributed by atoms with E-state index in [1.807, 2.05) is 40.8 Å². The summed E-state index contributed by atoms with van der Waals surface area (Å²) >= 11 is 0. The van der Waals surface area contributed by atoms with E-state index in [2.05, 4.69) is 15.7 Å². The van der Waals surface area contributed by atoms with Gasteiger partial charge in [-0.3, -0.25) is 9.13 Å². The standard InChI is InChI=1S/C8H20N2OSi/c1-7-11-12(8-2,9(3)4)10(5)6/h8H,2,7H2,1,3-6H3. The molecule has 0 aliphatic rings. The van der Waals surface area contributed by atoms with Crippen LogP contribution in [0.15, 0.2) is 12.3 Å². The number of hydrogen-bond acceptors (Lipinski definition) is 3. The van der Waals surface area contributed by atoms with E-state index < -0.39 is 8.64 Å². The van der Waals surface area contributed by atoms with Crippen LogP contribution in [0.25, 0.3) is 0 Å². The second-order valence-electron chi connectivity index (χ2n) is 3.08. The van der Waals surface area contributed by atoms with Crippen LogP contribution < -0.4 is 0 Å². The van der Waals surface area contributed by atoms with Crippen molar-refractivity contribution < 1.29 is 4.43 Å². The van der Waals surface area contributed by atoms with Crippen LogP contribution >= 0.6 is 0 Å². The van der Waals surface area contributed by atoms with E-state index in [0.717, 1.165) is 6.61 Å².